The van der Waals surface area contributed by atoms with E-state index in [1.54, 1.807) is 11.8 Å². The molecule has 2 amide bonds. The number of amides is 2. The quantitative estimate of drug-likeness (QED) is 0.649. The lowest BCUT2D eigenvalue weighted by atomic mass is 10.0. The second-order valence-electron chi connectivity index (χ2n) is 8.29. The average Bonchev–Trinajstić information content (AvgIpc) is 3.23. The van der Waals surface area contributed by atoms with Gasteiger partial charge < -0.3 is 16.0 Å². The van der Waals surface area contributed by atoms with E-state index < -0.39 is 6.04 Å². The molecule has 0 spiro atoms. The first-order valence-corrected chi connectivity index (χ1v) is 11.1. The minimum atomic E-state index is -0.440. The van der Waals surface area contributed by atoms with Crippen molar-refractivity contribution in [2.75, 3.05) is 26.2 Å². The van der Waals surface area contributed by atoms with E-state index in [1.165, 1.54) is 16.7 Å². The zero-order chi connectivity index (χ0) is 22.2. The molecule has 2 atom stereocenters. The van der Waals surface area contributed by atoms with Crippen LogP contribution < -0.4 is 11.1 Å². The molecular weight excluding hydrogens is 388 g/mol. The molecule has 2 aromatic carbocycles. The second kappa shape index (κ2) is 11.1. The van der Waals surface area contributed by atoms with Gasteiger partial charge in [0.25, 0.3) is 0 Å². The zero-order valence-electron chi connectivity index (χ0n) is 18.6. The van der Waals surface area contributed by atoms with Crippen LogP contribution in [0.5, 0.6) is 0 Å². The van der Waals surface area contributed by atoms with Crippen LogP contribution in [0, 0.1) is 6.92 Å². The molecule has 6 nitrogen and oxygen atoms in total. The standard InChI is InChI=1S/C25H34N4O2/c1-19-8-6-7-11-22(19)17-28(15-12-21-9-4-3-5-10-21)23-16-24(25(31)27-14-13-26)29(18-23)20(2)30/h3-11,23-24H,12-18,26H2,1-2H3,(H,27,31). The van der Waals surface area contributed by atoms with Crippen molar-refractivity contribution in [2.45, 2.75) is 45.3 Å². The van der Waals surface area contributed by atoms with Crippen LogP contribution in [0.4, 0.5) is 0 Å². The maximum atomic E-state index is 12.7. The number of hydrogen-bond donors (Lipinski definition) is 2. The summed E-state index contributed by atoms with van der Waals surface area (Å²) in [7, 11) is 0. The van der Waals surface area contributed by atoms with E-state index in [0.717, 1.165) is 19.5 Å². The number of nitrogens with zero attached hydrogens (tertiary/aromatic N) is 2. The van der Waals surface area contributed by atoms with E-state index in [2.05, 4.69) is 65.7 Å². The third-order valence-corrected chi connectivity index (χ3v) is 6.11. The van der Waals surface area contributed by atoms with Gasteiger partial charge in [0.15, 0.2) is 0 Å². The molecule has 31 heavy (non-hydrogen) atoms. The van der Waals surface area contributed by atoms with E-state index in [0.29, 0.717) is 26.1 Å². The normalized spacial score (nSPS) is 18.4. The smallest absolute Gasteiger partial charge is 0.242 e. The molecule has 2 unspecified atom stereocenters. The van der Waals surface area contributed by atoms with E-state index in [4.69, 9.17) is 5.73 Å². The molecular formula is C25H34N4O2. The Labute approximate surface area is 185 Å². The second-order valence-corrected chi connectivity index (χ2v) is 8.29. The lowest BCUT2D eigenvalue weighted by Gasteiger charge is -2.29. The summed E-state index contributed by atoms with van der Waals surface area (Å²) in [5, 5.41) is 2.86. The fraction of sp³-hybridized carbons (Fsp3) is 0.440. The fourth-order valence-electron chi connectivity index (χ4n) is 4.30. The number of likely N-dealkylation sites (tertiary alicyclic amines) is 1. The summed E-state index contributed by atoms with van der Waals surface area (Å²) >= 11 is 0. The Bertz CT molecular complexity index is 871. The molecule has 1 heterocycles. The maximum absolute atomic E-state index is 12.7. The molecule has 1 fully saturated rings. The largest absolute Gasteiger partial charge is 0.353 e. The van der Waals surface area contributed by atoms with Gasteiger partial charge in [-0.15, -0.1) is 0 Å². The van der Waals surface area contributed by atoms with E-state index >= 15 is 0 Å². The molecule has 3 rings (SSSR count). The number of rotatable bonds is 9. The molecule has 3 N–H and O–H groups in total. The third-order valence-electron chi connectivity index (χ3n) is 6.11. The number of carbonyl (C=O) groups excluding carboxylic acids is 2. The van der Waals surface area contributed by atoms with Gasteiger partial charge in [-0.25, -0.2) is 0 Å². The topological polar surface area (TPSA) is 78.7 Å². The Balaban J connectivity index is 1.79. The first-order chi connectivity index (χ1) is 15.0. The Morgan fingerprint density at radius 1 is 1.13 bits per heavy atom. The van der Waals surface area contributed by atoms with E-state index in [9.17, 15) is 9.59 Å². The van der Waals surface area contributed by atoms with Crippen LogP contribution in [-0.2, 0) is 22.6 Å². The fourth-order valence-corrected chi connectivity index (χ4v) is 4.30. The number of hydrogen-bond acceptors (Lipinski definition) is 4. The molecule has 0 radical (unpaired) electrons. The number of benzene rings is 2. The van der Waals surface area contributed by atoms with Gasteiger partial charge in [0.1, 0.15) is 6.04 Å². The molecule has 6 heteroatoms. The van der Waals surface area contributed by atoms with Gasteiger partial charge >= 0.3 is 0 Å². The molecule has 0 aromatic heterocycles. The number of nitrogens with two attached hydrogens (primary N) is 1. The first-order valence-electron chi connectivity index (χ1n) is 11.1. The van der Waals surface area contributed by atoms with Gasteiger partial charge in [-0.1, -0.05) is 54.6 Å². The average molecular weight is 423 g/mol. The maximum Gasteiger partial charge on any atom is 0.242 e. The van der Waals surface area contributed by atoms with Crippen molar-refractivity contribution in [3.05, 3.63) is 71.3 Å². The van der Waals surface area contributed by atoms with Gasteiger partial charge in [0.2, 0.25) is 11.8 Å². The molecule has 1 aliphatic rings. The van der Waals surface area contributed by atoms with Gasteiger partial charge in [-0.2, -0.15) is 0 Å². The van der Waals surface area contributed by atoms with Crippen LogP contribution in [0.3, 0.4) is 0 Å². The van der Waals surface area contributed by atoms with Crippen molar-refractivity contribution in [2.24, 2.45) is 5.73 Å². The van der Waals surface area contributed by atoms with Crippen LogP contribution in [0.15, 0.2) is 54.6 Å². The molecule has 1 aliphatic heterocycles. The molecule has 0 saturated carbocycles. The highest BCUT2D eigenvalue weighted by Crippen LogP contribution is 2.25. The van der Waals surface area contributed by atoms with Crippen molar-refractivity contribution >= 4 is 11.8 Å². The van der Waals surface area contributed by atoms with Crippen molar-refractivity contribution in [1.82, 2.24) is 15.1 Å². The van der Waals surface area contributed by atoms with Gasteiger partial charge in [0.05, 0.1) is 0 Å². The SMILES string of the molecule is CC(=O)N1CC(N(CCc2ccccc2)Cc2ccccc2C)CC1C(=O)NCCN. The van der Waals surface area contributed by atoms with Crippen molar-refractivity contribution < 1.29 is 9.59 Å². The van der Waals surface area contributed by atoms with Crippen LogP contribution in [0.1, 0.15) is 30.0 Å². The Hall–Kier alpha value is -2.70. The minimum absolute atomic E-state index is 0.0608. The number of carbonyl (C=O) groups is 2. The number of aryl methyl sites for hydroxylation is 1. The monoisotopic (exact) mass is 422 g/mol. The first kappa shape index (κ1) is 23.0. The molecule has 0 bridgehead atoms. The van der Waals surface area contributed by atoms with Gasteiger partial charge in [-0.05, 0) is 36.5 Å². The minimum Gasteiger partial charge on any atom is -0.353 e. The summed E-state index contributed by atoms with van der Waals surface area (Å²) in [5.41, 5.74) is 9.36. The van der Waals surface area contributed by atoms with Crippen molar-refractivity contribution in [1.29, 1.82) is 0 Å². The highest BCUT2D eigenvalue weighted by molar-refractivity contribution is 5.87. The highest BCUT2D eigenvalue weighted by Gasteiger charge is 2.40. The summed E-state index contributed by atoms with van der Waals surface area (Å²) in [4.78, 5) is 29.1. The lowest BCUT2D eigenvalue weighted by Crippen LogP contribution is -2.46. The molecule has 0 aliphatic carbocycles. The molecule has 1 saturated heterocycles. The predicted octanol–water partition coefficient (Wildman–Crippen LogP) is 2.10. The Morgan fingerprint density at radius 2 is 1.84 bits per heavy atom. The van der Waals surface area contributed by atoms with Crippen LogP contribution in [0.2, 0.25) is 0 Å². The molecule has 2 aromatic rings. The van der Waals surface area contributed by atoms with Gasteiger partial charge in [0, 0.05) is 45.7 Å². The zero-order valence-corrected chi connectivity index (χ0v) is 18.6. The Kier molecular flexibility index (Phi) is 8.20. The van der Waals surface area contributed by atoms with Crippen molar-refractivity contribution in [3.8, 4) is 0 Å². The highest BCUT2D eigenvalue weighted by atomic mass is 16.2. The lowest BCUT2D eigenvalue weighted by molar-refractivity contribution is -0.136. The third kappa shape index (κ3) is 6.15. The number of nitrogens with one attached hydrogen (secondary N) is 1. The van der Waals surface area contributed by atoms with Gasteiger partial charge in [-0.3, -0.25) is 14.5 Å². The summed E-state index contributed by atoms with van der Waals surface area (Å²) in [6.45, 7) is 6.71. The van der Waals surface area contributed by atoms with Crippen molar-refractivity contribution in [3.63, 3.8) is 0 Å². The summed E-state index contributed by atoms with van der Waals surface area (Å²) < 4.78 is 0. The summed E-state index contributed by atoms with van der Waals surface area (Å²) in [5.74, 6) is -0.170. The van der Waals surface area contributed by atoms with E-state index in [-0.39, 0.29) is 17.9 Å². The molecule has 166 valence electrons. The summed E-state index contributed by atoms with van der Waals surface area (Å²) in [6.07, 6.45) is 1.56. The van der Waals surface area contributed by atoms with E-state index in [1.807, 2.05) is 6.07 Å². The van der Waals surface area contributed by atoms with Crippen LogP contribution >= 0.6 is 0 Å². The summed E-state index contributed by atoms with van der Waals surface area (Å²) in [6, 6.07) is 18.5. The van der Waals surface area contributed by atoms with Crippen LogP contribution in [-0.4, -0.2) is 59.9 Å². The Morgan fingerprint density at radius 3 is 2.52 bits per heavy atom. The predicted molar refractivity (Wildman–Crippen MR) is 123 cm³/mol. The van der Waals surface area contributed by atoms with Crippen LogP contribution in [0.25, 0.3) is 0 Å².